The van der Waals surface area contributed by atoms with Crippen molar-refractivity contribution in [2.45, 2.75) is 123 Å². The zero-order valence-corrected chi connectivity index (χ0v) is 21.2. The van der Waals surface area contributed by atoms with E-state index in [-0.39, 0.29) is 17.1 Å². The van der Waals surface area contributed by atoms with E-state index >= 15 is 0 Å². The van der Waals surface area contributed by atoms with Crippen LogP contribution in [0.5, 0.6) is 0 Å². The molecule has 0 heterocycles. The first kappa shape index (κ1) is 29.5. The predicted octanol–water partition coefficient (Wildman–Crippen LogP) is 8.94. The number of hydrogen-bond donors (Lipinski definition) is 1. The summed E-state index contributed by atoms with van der Waals surface area (Å²) in [7, 11) is 0. The Morgan fingerprint density at radius 3 is 1.71 bits per heavy atom. The Bertz CT molecular complexity index is 752. The molecule has 1 aromatic rings. The maximum absolute atomic E-state index is 11.2. The Kier molecular flexibility index (Phi) is 16.4. The Hall–Kier alpha value is -2.51. The molecule has 0 amide bonds. The van der Waals surface area contributed by atoms with E-state index in [4.69, 9.17) is 0 Å². The minimum absolute atomic E-state index is 0.165. The van der Waals surface area contributed by atoms with Gasteiger partial charge in [-0.3, -0.25) is 25.7 Å². The summed E-state index contributed by atoms with van der Waals surface area (Å²) in [5, 5.41) is 26.4. The van der Waals surface area contributed by atoms with Gasteiger partial charge in [-0.05, 0) is 25.3 Å². The van der Waals surface area contributed by atoms with Crippen LogP contribution in [-0.4, -0.2) is 15.6 Å². The minimum Gasteiger partial charge on any atom is -0.272 e. The topological polar surface area (TPSA) is 111 Å². The predicted molar refractivity (Wildman–Crippen MR) is 141 cm³/mol. The molecule has 0 aromatic heterocycles. The third-order valence-corrected chi connectivity index (χ3v) is 6.20. The number of nitro benzene ring substituents is 2. The number of unbranched alkanes of at least 4 members (excludes halogenated alkanes) is 14. The van der Waals surface area contributed by atoms with Crippen molar-refractivity contribution < 1.29 is 9.85 Å². The molecule has 1 aromatic carbocycles. The number of non-ortho nitro benzene ring substituents is 1. The van der Waals surface area contributed by atoms with Gasteiger partial charge < -0.3 is 0 Å². The highest BCUT2D eigenvalue weighted by molar-refractivity contribution is 5.85. The molecule has 0 fully saturated rings. The fraction of sp³-hybridized carbons (Fsp3) is 0.731. The van der Waals surface area contributed by atoms with Crippen LogP contribution in [0, 0.1) is 20.2 Å². The lowest BCUT2D eigenvalue weighted by Crippen LogP contribution is -2.03. The molecule has 0 bridgehead atoms. The van der Waals surface area contributed by atoms with Crippen LogP contribution >= 0.6 is 0 Å². The van der Waals surface area contributed by atoms with Crippen LogP contribution in [0.15, 0.2) is 23.3 Å². The van der Waals surface area contributed by atoms with Crippen molar-refractivity contribution in [2.75, 3.05) is 5.43 Å². The summed E-state index contributed by atoms with van der Waals surface area (Å²) >= 11 is 0. The molecule has 1 N–H and O–H groups in total. The van der Waals surface area contributed by atoms with Crippen LogP contribution < -0.4 is 5.43 Å². The van der Waals surface area contributed by atoms with E-state index in [2.05, 4.69) is 17.5 Å². The van der Waals surface area contributed by atoms with Crippen molar-refractivity contribution in [1.82, 2.24) is 0 Å². The molecule has 0 saturated heterocycles. The van der Waals surface area contributed by atoms with E-state index in [1.54, 1.807) is 0 Å². The maximum atomic E-state index is 11.2. The summed E-state index contributed by atoms with van der Waals surface area (Å²) in [6, 6.07) is 3.53. The summed E-state index contributed by atoms with van der Waals surface area (Å²) in [6.07, 6.45) is 21.4. The number of anilines is 1. The highest BCUT2D eigenvalue weighted by Gasteiger charge is 2.19. The lowest BCUT2D eigenvalue weighted by Gasteiger charge is -2.07. The molecule has 0 aliphatic heterocycles. The average molecular weight is 477 g/mol. The Morgan fingerprint density at radius 2 is 1.26 bits per heavy atom. The van der Waals surface area contributed by atoms with Gasteiger partial charge in [0.15, 0.2) is 0 Å². The van der Waals surface area contributed by atoms with Crippen LogP contribution in [0.2, 0.25) is 0 Å². The monoisotopic (exact) mass is 476 g/mol. The Morgan fingerprint density at radius 1 is 0.765 bits per heavy atom. The van der Waals surface area contributed by atoms with Crippen LogP contribution in [0.25, 0.3) is 0 Å². The van der Waals surface area contributed by atoms with Crippen molar-refractivity contribution >= 4 is 22.8 Å². The summed E-state index contributed by atoms with van der Waals surface area (Å²) in [4.78, 5) is 20.8. The first-order valence-electron chi connectivity index (χ1n) is 13.2. The largest absolute Gasteiger partial charge is 0.301 e. The third-order valence-electron chi connectivity index (χ3n) is 6.20. The van der Waals surface area contributed by atoms with Gasteiger partial charge in [0.2, 0.25) is 0 Å². The SMILES string of the molecule is CCCCCCCCCCCCCCCCC/C(CC)=N\Nc1ccc([N+](=O)[O-])cc1[N+](=O)[O-]. The number of nitro groups is 2. The highest BCUT2D eigenvalue weighted by Crippen LogP contribution is 2.29. The van der Waals surface area contributed by atoms with Crippen molar-refractivity contribution in [1.29, 1.82) is 0 Å². The van der Waals surface area contributed by atoms with Crippen LogP contribution in [0.4, 0.5) is 17.1 Å². The molecule has 0 aliphatic rings. The van der Waals surface area contributed by atoms with Gasteiger partial charge in [-0.1, -0.05) is 104 Å². The lowest BCUT2D eigenvalue weighted by molar-refractivity contribution is -0.393. The van der Waals surface area contributed by atoms with E-state index in [1.807, 2.05) is 6.92 Å². The molecule has 34 heavy (non-hydrogen) atoms. The first-order chi connectivity index (χ1) is 16.5. The molecule has 1 rings (SSSR count). The summed E-state index contributed by atoms with van der Waals surface area (Å²) < 4.78 is 0. The maximum Gasteiger partial charge on any atom is 0.301 e. The molecule has 0 radical (unpaired) electrons. The first-order valence-corrected chi connectivity index (χ1v) is 13.2. The van der Waals surface area contributed by atoms with Crippen LogP contribution in [-0.2, 0) is 0 Å². The lowest BCUT2D eigenvalue weighted by atomic mass is 10.0. The summed E-state index contributed by atoms with van der Waals surface area (Å²) in [6.45, 7) is 4.27. The van der Waals surface area contributed by atoms with Crippen LogP contribution in [0.3, 0.4) is 0 Å². The van der Waals surface area contributed by atoms with E-state index in [0.717, 1.165) is 37.5 Å². The Balaban J connectivity index is 2.17. The second-order valence-corrected chi connectivity index (χ2v) is 9.06. The third kappa shape index (κ3) is 13.3. The molecule has 8 heteroatoms. The highest BCUT2D eigenvalue weighted by atomic mass is 16.6. The van der Waals surface area contributed by atoms with Gasteiger partial charge in [-0.2, -0.15) is 5.10 Å². The van der Waals surface area contributed by atoms with Gasteiger partial charge in [-0.25, -0.2) is 0 Å². The van der Waals surface area contributed by atoms with Gasteiger partial charge in [-0.15, -0.1) is 0 Å². The standard InChI is InChI=1S/C26H44N4O4/c1-3-5-6-7-8-9-10-11-12-13-14-15-16-17-18-19-23(4-2)27-28-25-21-20-24(29(31)32)22-26(25)30(33)34/h20-22,28H,3-19H2,1-2H3/b27-23-. The smallest absolute Gasteiger partial charge is 0.272 e. The fourth-order valence-electron chi connectivity index (χ4n) is 4.03. The number of benzene rings is 1. The quantitative estimate of drug-likeness (QED) is 0.0823. The molecular formula is C26H44N4O4. The molecule has 0 spiro atoms. The van der Waals surface area contributed by atoms with Crippen LogP contribution in [0.1, 0.15) is 123 Å². The number of nitrogens with one attached hydrogen (secondary N) is 1. The van der Waals surface area contributed by atoms with Crippen molar-refractivity contribution in [3.63, 3.8) is 0 Å². The van der Waals surface area contributed by atoms with Gasteiger partial charge in [0.05, 0.1) is 15.9 Å². The molecule has 8 nitrogen and oxygen atoms in total. The fourth-order valence-corrected chi connectivity index (χ4v) is 4.03. The normalized spacial score (nSPS) is 11.5. The number of hydrazone groups is 1. The van der Waals surface area contributed by atoms with Crippen molar-refractivity contribution in [3.05, 3.63) is 38.4 Å². The summed E-state index contributed by atoms with van der Waals surface area (Å²) in [5.41, 5.74) is 3.19. The average Bonchev–Trinajstić information content (AvgIpc) is 2.83. The molecule has 0 atom stereocenters. The Labute approximate surface area is 204 Å². The van der Waals surface area contributed by atoms with Gasteiger partial charge in [0, 0.05) is 11.8 Å². The van der Waals surface area contributed by atoms with E-state index in [0.29, 0.717) is 0 Å². The number of hydrogen-bond acceptors (Lipinski definition) is 6. The number of nitrogens with zero attached hydrogens (tertiary/aromatic N) is 3. The molecular weight excluding hydrogens is 432 g/mol. The van der Waals surface area contributed by atoms with Gasteiger partial charge >= 0.3 is 5.69 Å². The molecule has 0 saturated carbocycles. The summed E-state index contributed by atoms with van der Waals surface area (Å²) in [5.74, 6) is 0. The van der Waals surface area contributed by atoms with Crippen molar-refractivity contribution in [2.24, 2.45) is 5.10 Å². The minimum atomic E-state index is -0.645. The van der Waals surface area contributed by atoms with E-state index in [1.165, 1.54) is 95.6 Å². The van der Waals surface area contributed by atoms with Crippen molar-refractivity contribution in [3.8, 4) is 0 Å². The second kappa shape index (κ2) is 18.9. The number of rotatable bonds is 21. The zero-order chi connectivity index (χ0) is 25.0. The van der Waals surface area contributed by atoms with E-state index in [9.17, 15) is 20.2 Å². The van der Waals surface area contributed by atoms with E-state index < -0.39 is 9.85 Å². The van der Waals surface area contributed by atoms with Gasteiger partial charge in [0.25, 0.3) is 5.69 Å². The molecule has 192 valence electrons. The molecule has 0 unspecified atom stereocenters. The molecule has 0 aliphatic carbocycles. The second-order valence-electron chi connectivity index (χ2n) is 9.06. The van der Waals surface area contributed by atoms with Gasteiger partial charge in [0.1, 0.15) is 5.69 Å². The zero-order valence-electron chi connectivity index (χ0n) is 21.2.